The van der Waals surface area contributed by atoms with E-state index in [1.54, 1.807) is 7.11 Å². The van der Waals surface area contributed by atoms with Crippen LogP contribution in [0.4, 0.5) is 0 Å². The lowest BCUT2D eigenvalue weighted by atomic mass is 9.74. The third-order valence-electron chi connectivity index (χ3n) is 5.11. The lowest BCUT2D eigenvalue weighted by Crippen LogP contribution is -2.52. The molecule has 0 radical (unpaired) electrons. The summed E-state index contributed by atoms with van der Waals surface area (Å²) in [6, 6.07) is 9.13. The number of hydrogen-bond acceptors (Lipinski definition) is 3. The summed E-state index contributed by atoms with van der Waals surface area (Å²) in [4.78, 5) is 0. The smallest absolute Gasteiger partial charge is 0.119 e. The molecule has 0 bridgehead atoms. The summed E-state index contributed by atoms with van der Waals surface area (Å²) in [5.74, 6) is 1.65. The SMILES string of the molecule is COc1cccc(C2CC(NCC3(OC)CCC3)C2)c1. The van der Waals surface area contributed by atoms with E-state index in [0.29, 0.717) is 12.0 Å². The summed E-state index contributed by atoms with van der Waals surface area (Å²) in [6.07, 6.45) is 6.19. The van der Waals surface area contributed by atoms with Crippen molar-refractivity contribution in [3.8, 4) is 5.75 Å². The van der Waals surface area contributed by atoms with Gasteiger partial charge in [-0.1, -0.05) is 12.1 Å². The Morgan fingerprint density at radius 2 is 2.05 bits per heavy atom. The number of hydrogen-bond donors (Lipinski definition) is 1. The number of rotatable bonds is 6. The molecule has 3 heteroatoms. The maximum atomic E-state index is 5.66. The molecule has 0 amide bonds. The Morgan fingerprint density at radius 3 is 2.65 bits per heavy atom. The van der Waals surface area contributed by atoms with Crippen molar-refractivity contribution in [1.82, 2.24) is 5.32 Å². The molecular formula is C17H25NO2. The van der Waals surface area contributed by atoms with Gasteiger partial charge in [0.25, 0.3) is 0 Å². The van der Waals surface area contributed by atoms with Crippen LogP contribution in [-0.4, -0.2) is 32.4 Å². The third kappa shape index (κ3) is 2.70. The van der Waals surface area contributed by atoms with Crippen molar-refractivity contribution in [2.45, 2.75) is 49.7 Å². The molecule has 2 aliphatic carbocycles. The van der Waals surface area contributed by atoms with Crippen molar-refractivity contribution >= 4 is 0 Å². The Labute approximate surface area is 121 Å². The fourth-order valence-electron chi connectivity index (χ4n) is 3.31. The third-order valence-corrected chi connectivity index (χ3v) is 5.11. The van der Waals surface area contributed by atoms with Crippen molar-refractivity contribution in [1.29, 1.82) is 0 Å². The van der Waals surface area contributed by atoms with E-state index in [2.05, 4.69) is 23.5 Å². The van der Waals surface area contributed by atoms with Crippen LogP contribution in [0.1, 0.15) is 43.6 Å². The summed E-state index contributed by atoms with van der Waals surface area (Å²) >= 11 is 0. The minimum atomic E-state index is 0.140. The van der Waals surface area contributed by atoms with Gasteiger partial charge in [-0.15, -0.1) is 0 Å². The molecule has 1 aromatic carbocycles. The molecule has 2 saturated carbocycles. The van der Waals surface area contributed by atoms with Gasteiger partial charge < -0.3 is 14.8 Å². The molecule has 0 aromatic heterocycles. The molecule has 1 aromatic rings. The number of methoxy groups -OCH3 is 2. The highest BCUT2D eigenvalue weighted by Crippen LogP contribution is 2.39. The van der Waals surface area contributed by atoms with Gasteiger partial charge in [0.15, 0.2) is 0 Å². The van der Waals surface area contributed by atoms with Crippen molar-refractivity contribution in [3.63, 3.8) is 0 Å². The molecule has 0 spiro atoms. The van der Waals surface area contributed by atoms with Crippen molar-refractivity contribution in [2.24, 2.45) is 0 Å². The summed E-state index contributed by atoms with van der Waals surface area (Å²) in [6.45, 7) is 1.01. The van der Waals surface area contributed by atoms with E-state index in [1.807, 2.05) is 13.2 Å². The van der Waals surface area contributed by atoms with Gasteiger partial charge in [0, 0.05) is 19.7 Å². The van der Waals surface area contributed by atoms with Gasteiger partial charge in [-0.05, 0) is 55.7 Å². The average molecular weight is 275 g/mol. The second kappa shape index (κ2) is 5.74. The monoisotopic (exact) mass is 275 g/mol. The van der Waals surface area contributed by atoms with Gasteiger partial charge in [-0.25, -0.2) is 0 Å². The normalized spacial score (nSPS) is 27.5. The molecule has 2 aliphatic rings. The van der Waals surface area contributed by atoms with Crippen LogP contribution in [0.2, 0.25) is 0 Å². The standard InChI is InChI=1S/C17H25NO2/c1-19-16-6-3-5-13(11-16)14-9-15(10-14)18-12-17(20-2)7-4-8-17/h3,5-6,11,14-15,18H,4,7-10,12H2,1-2H3. The van der Waals surface area contributed by atoms with Gasteiger partial charge in [-0.3, -0.25) is 0 Å². The van der Waals surface area contributed by atoms with Crippen molar-refractivity contribution < 1.29 is 9.47 Å². The molecule has 0 unspecified atom stereocenters. The topological polar surface area (TPSA) is 30.5 Å². The van der Waals surface area contributed by atoms with E-state index in [4.69, 9.17) is 9.47 Å². The van der Waals surface area contributed by atoms with E-state index in [9.17, 15) is 0 Å². The number of ether oxygens (including phenoxy) is 2. The maximum absolute atomic E-state index is 5.66. The first kappa shape index (κ1) is 13.9. The first-order valence-electron chi connectivity index (χ1n) is 7.67. The molecule has 110 valence electrons. The highest BCUT2D eigenvalue weighted by molar-refractivity contribution is 5.32. The Bertz CT molecular complexity index is 445. The van der Waals surface area contributed by atoms with Crippen LogP contribution >= 0.6 is 0 Å². The van der Waals surface area contributed by atoms with E-state index < -0.39 is 0 Å². The van der Waals surface area contributed by atoms with Crippen molar-refractivity contribution in [3.05, 3.63) is 29.8 Å². The van der Waals surface area contributed by atoms with Gasteiger partial charge in [0.1, 0.15) is 5.75 Å². The Kier molecular flexibility index (Phi) is 3.99. The molecule has 3 nitrogen and oxygen atoms in total. The van der Waals surface area contributed by atoms with Crippen LogP contribution in [0, 0.1) is 0 Å². The first-order valence-corrected chi connectivity index (χ1v) is 7.67. The molecule has 0 heterocycles. The minimum Gasteiger partial charge on any atom is -0.497 e. The summed E-state index contributed by atoms with van der Waals surface area (Å²) in [7, 11) is 3.58. The molecule has 1 N–H and O–H groups in total. The first-order chi connectivity index (χ1) is 9.74. The molecule has 20 heavy (non-hydrogen) atoms. The van der Waals surface area contributed by atoms with Gasteiger partial charge in [0.2, 0.25) is 0 Å². The predicted molar refractivity (Wildman–Crippen MR) is 80.4 cm³/mol. The fourth-order valence-corrected chi connectivity index (χ4v) is 3.31. The van der Waals surface area contributed by atoms with Crippen LogP contribution in [0.3, 0.4) is 0 Å². The number of benzene rings is 1. The second-order valence-electron chi connectivity index (χ2n) is 6.26. The van der Waals surface area contributed by atoms with E-state index in [1.165, 1.54) is 37.7 Å². The van der Waals surface area contributed by atoms with Gasteiger partial charge >= 0.3 is 0 Å². The van der Waals surface area contributed by atoms with E-state index in [-0.39, 0.29) is 5.60 Å². The highest BCUT2D eigenvalue weighted by Gasteiger charge is 2.39. The predicted octanol–water partition coefficient (Wildman–Crippen LogP) is 3.10. The molecule has 3 rings (SSSR count). The van der Waals surface area contributed by atoms with Crippen LogP contribution in [0.15, 0.2) is 24.3 Å². The largest absolute Gasteiger partial charge is 0.497 e. The Hall–Kier alpha value is -1.06. The van der Waals surface area contributed by atoms with Gasteiger partial charge in [0.05, 0.1) is 12.7 Å². The molecule has 2 fully saturated rings. The van der Waals surface area contributed by atoms with Crippen LogP contribution in [-0.2, 0) is 4.74 Å². The number of nitrogens with one attached hydrogen (secondary N) is 1. The average Bonchev–Trinajstić information content (AvgIpc) is 2.40. The summed E-state index contributed by atoms with van der Waals surface area (Å²) in [5, 5.41) is 3.68. The molecule has 0 saturated heterocycles. The zero-order chi connectivity index (χ0) is 14.0. The summed E-state index contributed by atoms with van der Waals surface area (Å²) in [5.41, 5.74) is 1.55. The summed E-state index contributed by atoms with van der Waals surface area (Å²) < 4.78 is 11.0. The quantitative estimate of drug-likeness (QED) is 0.865. The Balaban J connectivity index is 1.46. The lowest BCUT2D eigenvalue weighted by molar-refractivity contribution is -0.0724. The molecular weight excluding hydrogens is 250 g/mol. The fraction of sp³-hybridized carbons (Fsp3) is 0.647. The lowest BCUT2D eigenvalue weighted by Gasteiger charge is -2.44. The Morgan fingerprint density at radius 1 is 1.25 bits per heavy atom. The maximum Gasteiger partial charge on any atom is 0.119 e. The van der Waals surface area contributed by atoms with Crippen LogP contribution in [0.5, 0.6) is 5.75 Å². The van der Waals surface area contributed by atoms with Gasteiger partial charge in [-0.2, -0.15) is 0 Å². The van der Waals surface area contributed by atoms with E-state index >= 15 is 0 Å². The van der Waals surface area contributed by atoms with Crippen molar-refractivity contribution in [2.75, 3.05) is 20.8 Å². The molecule has 0 aliphatic heterocycles. The van der Waals surface area contributed by atoms with Crippen LogP contribution < -0.4 is 10.1 Å². The zero-order valence-electron chi connectivity index (χ0n) is 12.5. The minimum absolute atomic E-state index is 0.140. The second-order valence-corrected chi connectivity index (χ2v) is 6.26. The van der Waals surface area contributed by atoms with Crippen LogP contribution in [0.25, 0.3) is 0 Å². The zero-order valence-corrected chi connectivity index (χ0v) is 12.5. The highest BCUT2D eigenvalue weighted by atomic mass is 16.5. The van der Waals surface area contributed by atoms with E-state index in [0.717, 1.165) is 12.3 Å². The molecule has 0 atom stereocenters.